The Kier molecular flexibility index (Phi) is 9.91. The van der Waals surface area contributed by atoms with E-state index >= 15 is 0 Å². The zero-order valence-corrected chi connectivity index (χ0v) is 25.8. The van der Waals surface area contributed by atoms with Gasteiger partial charge in [-0.25, -0.2) is 14.0 Å². The fourth-order valence-electron chi connectivity index (χ4n) is 4.94. The highest BCUT2D eigenvalue weighted by molar-refractivity contribution is 6.34. The summed E-state index contributed by atoms with van der Waals surface area (Å²) in [7, 11) is 0. The standard InChI is InChI=1S/C32H37ClFN5O4/c1-6-25(26-19-27-28(33)21(2)36-39(27)31(42)38(26)20-22-11-8-7-9-12-22)37(29(40)23-13-15-24(34)16-14-23)18-10-17-35-30(41)43-32(3,4)5/h7-9,11-16,19,25H,6,10,17-18,20H2,1-5H3,(H,35,41)/t25-/m1/s1. The fourth-order valence-corrected chi connectivity index (χ4v) is 5.11. The Morgan fingerprint density at radius 3 is 2.42 bits per heavy atom. The minimum Gasteiger partial charge on any atom is -0.444 e. The first kappa shape index (κ1) is 31.7. The first-order valence-electron chi connectivity index (χ1n) is 14.3. The predicted octanol–water partition coefficient (Wildman–Crippen LogP) is 6.15. The molecule has 2 aromatic heterocycles. The zero-order valence-electron chi connectivity index (χ0n) is 25.1. The SMILES string of the molecule is CC[C@H](c1cc2c(Cl)c(C)nn2c(=O)n1Cc1ccccc1)N(CCCNC(=O)OC(C)(C)C)C(=O)c1ccc(F)cc1. The van der Waals surface area contributed by atoms with E-state index in [0.29, 0.717) is 40.3 Å². The normalized spacial score (nSPS) is 12.3. The highest BCUT2D eigenvalue weighted by Crippen LogP contribution is 2.30. The Bertz CT molecular complexity index is 1650. The van der Waals surface area contributed by atoms with Crippen molar-refractivity contribution in [1.29, 1.82) is 0 Å². The van der Waals surface area contributed by atoms with Gasteiger partial charge in [0.15, 0.2) is 0 Å². The van der Waals surface area contributed by atoms with Gasteiger partial charge in [-0.2, -0.15) is 9.61 Å². The average molecular weight is 610 g/mol. The van der Waals surface area contributed by atoms with Gasteiger partial charge in [0.1, 0.15) is 11.4 Å². The monoisotopic (exact) mass is 609 g/mol. The molecule has 1 N–H and O–H groups in total. The zero-order chi connectivity index (χ0) is 31.3. The molecule has 0 saturated carbocycles. The number of carbonyl (C=O) groups is 2. The average Bonchev–Trinajstić information content (AvgIpc) is 3.25. The van der Waals surface area contributed by atoms with E-state index < -0.39 is 23.6 Å². The van der Waals surface area contributed by atoms with Crippen molar-refractivity contribution in [2.24, 2.45) is 0 Å². The molecule has 2 amide bonds. The number of alkyl carbamates (subject to hydrolysis) is 1. The Balaban J connectivity index is 1.76. The van der Waals surface area contributed by atoms with Crippen LogP contribution in [0.25, 0.3) is 5.52 Å². The largest absolute Gasteiger partial charge is 0.444 e. The summed E-state index contributed by atoms with van der Waals surface area (Å²) in [5.74, 6) is -0.789. The van der Waals surface area contributed by atoms with E-state index in [1.165, 1.54) is 28.8 Å². The van der Waals surface area contributed by atoms with Gasteiger partial charge in [-0.05, 0) is 76.4 Å². The number of rotatable bonds is 10. The van der Waals surface area contributed by atoms with Crippen molar-refractivity contribution in [2.45, 2.75) is 65.6 Å². The molecule has 0 aliphatic rings. The molecule has 2 aromatic carbocycles. The topological polar surface area (TPSA) is 97.9 Å². The molecule has 9 nitrogen and oxygen atoms in total. The summed E-state index contributed by atoms with van der Waals surface area (Å²) in [6, 6.07) is 16.1. The molecule has 11 heteroatoms. The Labute approximate surface area is 255 Å². The van der Waals surface area contributed by atoms with Crippen LogP contribution in [0.1, 0.15) is 73.9 Å². The first-order valence-corrected chi connectivity index (χ1v) is 14.6. The lowest BCUT2D eigenvalue weighted by Crippen LogP contribution is -2.41. The second-order valence-corrected chi connectivity index (χ2v) is 11.7. The molecule has 2 heterocycles. The maximum absolute atomic E-state index is 14.0. The van der Waals surface area contributed by atoms with Crippen molar-refractivity contribution in [1.82, 2.24) is 24.4 Å². The second-order valence-electron chi connectivity index (χ2n) is 11.3. The van der Waals surface area contributed by atoms with Crippen LogP contribution in [0.5, 0.6) is 0 Å². The van der Waals surface area contributed by atoms with Gasteiger partial charge in [-0.1, -0.05) is 48.9 Å². The van der Waals surface area contributed by atoms with Crippen LogP contribution in [-0.2, 0) is 11.3 Å². The van der Waals surface area contributed by atoms with Gasteiger partial charge in [0.25, 0.3) is 5.91 Å². The lowest BCUT2D eigenvalue weighted by Gasteiger charge is -2.33. The molecule has 0 radical (unpaired) electrons. The molecule has 0 unspecified atom stereocenters. The number of amides is 2. The van der Waals surface area contributed by atoms with Gasteiger partial charge < -0.3 is 15.0 Å². The van der Waals surface area contributed by atoms with E-state index in [-0.39, 0.29) is 31.2 Å². The Hall–Kier alpha value is -4.18. The summed E-state index contributed by atoms with van der Waals surface area (Å²) in [5.41, 5.74) is 1.72. The molecular weight excluding hydrogens is 573 g/mol. The molecule has 0 aliphatic heterocycles. The number of aryl methyl sites for hydroxylation is 1. The van der Waals surface area contributed by atoms with E-state index in [9.17, 15) is 18.8 Å². The quantitative estimate of drug-likeness (QED) is 0.217. The van der Waals surface area contributed by atoms with Crippen LogP contribution in [0.15, 0.2) is 65.5 Å². The predicted molar refractivity (Wildman–Crippen MR) is 164 cm³/mol. The van der Waals surface area contributed by atoms with Gasteiger partial charge in [0.2, 0.25) is 0 Å². The molecule has 43 heavy (non-hydrogen) atoms. The fraction of sp³-hybridized carbons (Fsp3) is 0.375. The molecule has 4 rings (SSSR count). The summed E-state index contributed by atoms with van der Waals surface area (Å²) < 4.78 is 22.0. The Morgan fingerprint density at radius 1 is 1.12 bits per heavy atom. The second kappa shape index (κ2) is 13.4. The number of nitrogens with one attached hydrogen (secondary N) is 1. The molecular formula is C32H37ClFN5O4. The summed E-state index contributed by atoms with van der Waals surface area (Å²) in [6.07, 6.45) is 0.311. The smallest absolute Gasteiger partial charge is 0.407 e. The van der Waals surface area contributed by atoms with Gasteiger partial charge >= 0.3 is 11.8 Å². The molecule has 0 spiro atoms. The van der Waals surface area contributed by atoms with Gasteiger partial charge in [-0.15, -0.1) is 0 Å². The van der Waals surface area contributed by atoms with E-state index in [1.54, 1.807) is 37.2 Å². The van der Waals surface area contributed by atoms with Crippen molar-refractivity contribution < 1.29 is 18.7 Å². The lowest BCUT2D eigenvalue weighted by atomic mass is 10.0. The highest BCUT2D eigenvalue weighted by atomic mass is 35.5. The van der Waals surface area contributed by atoms with E-state index in [4.69, 9.17) is 16.3 Å². The summed E-state index contributed by atoms with van der Waals surface area (Å²) in [5, 5.41) is 7.45. The number of halogens is 2. The number of fused-ring (bicyclic) bond motifs is 1. The minimum absolute atomic E-state index is 0.237. The van der Waals surface area contributed by atoms with Crippen LogP contribution in [0, 0.1) is 12.7 Å². The Morgan fingerprint density at radius 2 is 1.79 bits per heavy atom. The summed E-state index contributed by atoms with van der Waals surface area (Å²) in [4.78, 5) is 41.8. The minimum atomic E-state index is -0.643. The molecule has 0 fully saturated rings. The summed E-state index contributed by atoms with van der Waals surface area (Å²) in [6.45, 7) is 9.74. The van der Waals surface area contributed by atoms with Crippen molar-refractivity contribution in [3.05, 3.63) is 105 Å². The van der Waals surface area contributed by atoms with Crippen molar-refractivity contribution in [3.63, 3.8) is 0 Å². The van der Waals surface area contributed by atoms with E-state index in [1.807, 2.05) is 43.3 Å². The number of aromatic nitrogens is 3. The number of carbonyl (C=O) groups excluding carboxylic acids is 2. The molecule has 4 aromatic rings. The van der Waals surface area contributed by atoms with E-state index in [0.717, 1.165) is 5.56 Å². The number of nitrogens with zero attached hydrogens (tertiary/aromatic N) is 4. The number of ether oxygens (including phenoxy) is 1. The molecule has 0 aliphatic carbocycles. The third kappa shape index (κ3) is 7.62. The van der Waals surface area contributed by atoms with Crippen LogP contribution in [0.2, 0.25) is 5.02 Å². The number of hydrogen-bond acceptors (Lipinski definition) is 5. The van der Waals surface area contributed by atoms with Crippen LogP contribution >= 0.6 is 11.6 Å². The third-order valence-corrected chi connectivity index (χ3v) is 7.38. The third-order valence-electron chi connectivity index (χ3n) is 6.91. The maximum atomic E-state index is 14.0. The highest BCUT2D eigenvalue weighted by Gasteiger charge is 2.29. The maximum Gasteiger partial charge on any atom is 0.407 e. The van der Waals surface area contributed by atoms with Crippen LogP contribution in [-0.4, -0.2) is 49.8 Å². The van der Waals surface area contributed by atoms with E-state index in [2.05, 4.69) is 10.4 Å². The summed E-state index contributed by atoms with van der Waals surface area (Å²) >= 11 is 6.58. The van der Waals surface area contributed by atoms with Crippen molar-refractivity contribution >= 4 is 29.1 Å². The molecule has 0 saturated heterocycles. The van der Waals surface area contributed by atoms with Crippen molar-refractivity contribution in [2.75, 3.05) is 13.1 Å². The van der Waals surface area contributed by atoms with Gasteiger partial charge in [0.05, 0.1) is 28.8 Å². The molecule has 1 atom stereocenters. The first-order chi connectivity index (χ1) is 20.4. The van der Waals surface area contributed by atoms with Crippen molar-refractivity contribution in [3.8, 4) is 0 Å². The molecule has 0 bridgehead atoms. The molecule has 228 valence electrons. The lowest BCUT2D eigenvalue weighted by molar-refractivity contribution is 0.0523. The van der Waals surface area contributed by atoms with Gasteiger partial charge in [0, 0.05) is 24.3 Å². The van der Waals surface area contributed by atoms with Gasteiger partial charge in [-0.3, -0.25) is 9.36 Å². The number of hydrogen-bond donors (Lipinski definition) is 1. The van der Waals surface area contributed by atoms with Crippen LogP contribution in [0.3, 0.4) is 0 Å². The van der Waals surface area contributed by atoms with Crippen LogP contribution in [0.4, 0.5) is 9.18 Å². The van der Waals surface area contributed by atoms with Crippen LogP contribution < -0.4 is 11.0 Å². The number of benzene rings is 2.